The lowest BCUT2D eigenvalue weighted by atomic mass is 10.2. The second-order valence-corrected chi connectivity index (χ2v) is 4.88. The number of likely N-dealkylation sites (N-methyl/N-ethyl adjacent to an activating group) is 1. The Labute approximate surface area is 124 Å². The highest BCUT2D eigenvalue weighted by Gasteiger charge is 2.09. The summed E-state index contributed by atoms with van der Waals surface area (Å²) in [6.45, 7) is 3.92. The van der Waals surface area contributed by atoms with E-state index < -0.39 is 0 Å². The number of nitrogens with two attached hydrogens (primary N) is 1. The summed E-state index contributed by atoms with van der Waals surface area (Å²) in [4.78, 5) is 14.2. The van der Waals surface area contributed by atoms with E-state index >= 15 is 0 Å². The molecule has 0 saturated heterocycles. The number of hydrogen-bond donors (Lipinski definition) is 3. The summed E-state index contributed by atoms with van der Waals surface area (Å²) in [5, 5.41) is 11.6. The van der Waals surface area contributed by atoms with Gasteiger partial charge >= 0.3 is 0 Å². The number of hydrogen-bond acceptors (Lipinski definition) is 4. The van der Waals surface area contributed by atoms with E-state index in [1.807, 2.05) is 11.8 Å². The van der Waals surface area contributed by atoms with Crippen LogP contribution >= 0.6 is 12.2 Å². The average Bonchev–Trinajstić information content (AvgIpc) is 2.43. The zero-order chi connectivity index (χ0) is 15.0. The van der Waals surface area contributed by atoms with Crippen LogP contribution in [0.15, 0.2) is 24.3 Å². The van der Waals surface area contributed by atoms with Crippen molar-refractivity contribution in [3.63, 3.8) is 0 Å². The molecule has 1 amide bonds. The molecule has 0 radical (unpaired) electrons. The zero-order valence-corrected chi connectivity index (χ0v) is 12.4. The second kappa shape index (κ2) is 8.63. The van der Waals surface area contributed by atoms with Gasteiger partial charge in [-0.2, -0.15) is 0 Å². The maximum Gasteiger partial charge on any atom is 0.238 e. The molecule has 0 fully saturated rings. The number of aliphatic hydroxyl groups is 1. The molecule has 0 atom stereocenters. The lowest BCUT2D eigenvalue weighted by Gasteiger charge is -2.19. The minimum Gasteiger partial charge on any atom is -0.396 e. The summed E-state index contributed by atoms with van der Waals surface area (Å²) < 4.78 is 0. The predicted octanol–water partition coefficient (Wildman–Crippen LogP) is 0.964. The Bertz CT molecular complexity index is 448. The van der Waals surface area contributed by atoms with Gasteiger partial charge < -0.3 is 16.2 Å². The second-order valence-electron chi connectivity index (χ2n) is 4.44. The van der Waals surface area contributed by atoms with Crippen LogP contribution in [0.5, 0.6) is 0 Å². The van der Waals surface area contributed by atoms with Crippen molar-refractivity contribution < 1.29 is 9.90 Å². The smallest absolute Gasteiger partial charge is 0.238 e. The Balaban J connectivity index is 2.50. The molecule has 0 spiro atoms. The molecule has 20 heavy (non-hydrogen) atoms. The van der Waals surface area contributed by atoms with Crippen molar-refractivity contribution in [3.8, 4) is 0 Å². The SMILES string of the molecule is CCN(CCCO)CC(=O)Nc1ccc(C(N)=S)cc1. The maximum absolute atomic E-state index is 11.9. The summed E-state index contributed by atoms with van der Waals surface area (Å²) in [6, 6.07) is 7.11. The molecule has 5 nitrogen and oxygen atoms in total. The van der Waals surface area contributed by atoms with Gasteiger partial charge in [0, 0.05) is 24.4 Å². The first-order valence-electron chi connectivity index (χ1n) is 6.59. The third kappa shape index (κ3) is 5.64. The zero-order valence-electron chi connectivity index (χ0n) is 11.6. The Hall–Kier alpha value is -1.50. The summed E-state index contributed by atoms with van der Waals surface area (Å²) in [7, 11) is 0. The number of carbonyl (C=O) groups excluding carboxylic acids is 1. The number of thiocarbonyl (C=S) groups is 1. The fourth-order valence-corrected chi connectivity index (χ4v) is 1.90. The van der Waals surface area contributed by atoms with Crippen LogP contribution in [0.3, 0.4) is 0 Å². The number of aliphatic hydroxyl groups excluding tert-OH is 1. The molecule has 0 bridgehead atoms. The van der Waals surface area contributed by atoms with Gasteiger partial charge in [-0.15, -0.1) is 0 Å². The maximum atomic E-state index is 11.9. The van der Waals surface area contributed by atoms with E-state index in [0.717, 1.165) is 12.1 Å². The van der Waals surface area contributed by atoms with Crippen molar-refractivity contribution in [1.29, 1.82) is 0 Å². The van der Waals surface area contributed by atoms with Crippen LogP contribution in [0, 0.1) is 0 Å². The molecule has 0 aliphatic heterocycles. The van der Waals surface area contributed by atoms with Crippen LogP contribution in [0.4, 0.5) is 5.69 Å². The summed E-state index contributed by atoms with van der Waals surface area (Å²) in [6.07, 6.45) is 0.670. The Morgan fingerprint density at radius 3 is 2.55 bits per heavy atom. The summed E-state index contributed by atoms with van der Waals surface area (Å²) in [5.41, 5.74) is 7.00. The molecule has 1 aromatic carbocycles. The van der Waals surface area contributed by atoms with E-state index in [-0.39, 0.29) is 12.5 Å². The predicted molar refractivity (Wildman–Crippen MR) is 84.8 cm³/mol. The Morgan fingerprint density at radius 1 is 1.40 bits per heavy atom. The molecule has 0 unspecified atom stereocenters. The largest absolute Gasteiger partial charge is 0.396 e. The Kier molecular flexibility index (Phi) is 7.14. The molecule has 4 N–H and O–H groups in total. The Morgan fingerprint density at radius 2 is 2.05 bits per heavy atom. The number of anilines is 1. The first kappa shape index (κ1) is 16.6. The number of amides is 1. The van der Waals surface area contributed by atoms with Crippen molar-refractivity contribution in [2.75, 3.05) is 31.6 Å². The van der Waals surface area contributed by atoms with Gasteiger partial charge in [0.1, 0.15) is 4.99 Å². The topological polar surface area (TPSA) is 78.6 Å². The minimum atomic E-state index is -0.0761. The van der Waals surface area contributed by atoms with Crippen molar-refractivity contribution >= 4 is 28.8 Å². The van der Waals surface area contributed by atoms with Crippen LogP contribution < -0.4 is 11.1 Å². The number of nitrogens with one attached hydrogen (secondary N) is 1. The van der Waals surface area contributed by atoms with Crippen LogP contribution in [-0.2, 0) is 4.79 Å². The number of benzene rings is 1. The van der Waals surface area contributed by atoms with Crippen LogP contribution in [0.25, 0.3) is 0 Å². The normalized spacial score (nSPS) is 10.6. The molecule has 1 rings (SSSR count). The number of rotatable bonds is 8. The third-order valence-electron chi connectivity index (χ3n) is 2.90. The summed E-state index contributed by atoms with van der Waals surface area (Å²) in [5.74, 6) is -0.0761. The van der Waals surface area contributed by atoms with E-state index in [9.17, 15) is 4.79 Å². The van der Waals surface area contributed by atoms with Gasteiger partial charge in [-0.25, -0.2) is 0 Å². The lowest BCUT2D eigenvalue weighted by molar-refractivity contribution is -0.117. The highest BCUT2D eigenvalue weighted by atomic mass is 32.1. The van der Waals surface area contributed by atoms with Gasteiger partial charge in [0.15, 0.2) is 0 Å². The first-order chi connectivity index (χ1) is 9.56. The van der Waals surface area contributed by atoms with Gasteiger partial charge in [-0.3, -0.25) is 9.69 Å². The van der Waals surface area contributed by atoms with Gasteiger partial charge in [-0.1, -0.05) is 19.1 Å². The van der Waals surface area contributed by atoms with E-state index in [1.54, 1.807) is 24.3 Å². The highest BCUT2D eigenvalue weighted by Crippen LogP contribution is 2.09. The highest BCUT2D eigenvalue weighted by molar-refractivity contribution is 7.80. The van der Waals surface area contributed by atoms with E-state index in [1.165, 1.54) is 0 Å². The lowest BCUT2D eigenvalue weighted by Crippen LogP contribution is -2.34. The number of nitrogens with zero attached hydrogens (tertiary/aromatic N) is 1. The monoisotopic (exact) mass is 295 g/mol. The van der Waals surface area contributed by atoms with Crippen molar-refractivity contribution in [2.24, 2.45) is 5.73 Å². The molecular weight excluding hydrogens is 274 g/mol. The van der Waals surface area contributed by atoms with Gasteiger partial charge in [0.2, 0.25) is 5.91 Å². The molecule has 0 aliphatic carbocycles. The van der Waals surface area contributed by atoms with E-state index in [2.05, 4.69) is 5.32 Å². The van der Waals surface area contributed by atoms with Crippen molar-refractivity contribution in [3.05, 3.63) is 29.8 Å². The first-order valence-corrected chi connectivity index (χ1v) is 7.00. The fourth-order valence-electron chi connectivity index (χ4n) is 1.76. The average molecular weight is 295 g/mol. The van der Waals surface area contributed by atoms with Gasteiger partial charge in [0.25, 0.3) is 0 Å². The molecule has 110 valence electrons. The molecular formula is C14H21N3O2S. The van der Waals surface area contributed by atoms with Crippen LogP contribution in [0.2, 0.25) is 0 Å². The minimum absolute atomic E-state index is 0.0761. The third-order valence-corrected chi connectivity index (χ3v) is 3.14. The molecule has 0 aliphatic rings. The van der Waals surface area contributed by atoms with Gasteiger partial charge in [0.05, 0.1) is 6.54 Å². The quantitative estimate of drug-likeness (QED) is 0.623. The molecule has 0 aromatic heterocycles. The van der Waals surface area contributed by atoms with E-state index in [0.29, 0.717) is 30.2 Å². The van der Waals surface area contributed by atoms with Crippen LogP contribution in [0.1, 0.15) is 18.9 Å². The molecule has 0 heterocycles. The van der Waals surface area contributed by atoms with Crippen LogP contribution in [-0.4, -0.2) is 47.1 Å². The molecule has 0 saturated carbocycles. The number of carbonyl (C=O) groups is 1. The summed E-state index contributed by atoms with van der Waals surface area (Å²) >= 11 is 4.87. The van der Waals surface area contributed by atoms with Gasteiger partial charge in [-0.05, 0) is 37.2 Å². The van der Waals surface area contributed by atoms with Crippen molar-refractivity contribution in [2.45, 2.75) is 13.3 Å². The fraction of sp³-hybridized carbons (Fsp3) is 0.429. The molecule has 6 heteroatoms. The molecule has 1 aromatic rings. The van der Waals surface area contributed by atoms with Crippen molar-refractivity contribution in [1.82, 2.24) is 4.90 Å². The van der Waals surface area contributed by atoms with E-state index in [4.69, 9.17) is 23.1 Å². The standard InChI is InChI=1S/C14H21N3O2S/c1-2-17(8-3-9-18)10-13(19)16-12-6-4-11(5-7-12)14(15)20/h4-7,18H,2-3,8-10H2,1H3,(H2,15,20)(H,16,19).